The molecule has 5 nitrogen and oxygen atoms in total. The summed E-state index contributed by atoms with van der Waals surface area (Å²) in [6.45, 7) is 0.395. The van der Waals surface area contributed by atoms with E-state index >= 15 is 0 Å². The lowest BCUT2D eigenvalue weighted by Crippen LogP contribution is -2.29. The summed E-state index contributed by atoms with van der Waals surface area (Å²) in [5.41, 5.74) is 1.69. The van der Waals surface area contributed by atoms with Crippen molar-refractivity contribution in [3.05, 3.63) is 59.7 Å². The van der Waals surface area contributed by atoms with Gasteiger partial charge in [-0.1, -0.05) is 24.3 Å². The average Bonchev–Trinajstić information content (AvgIpc) is 2.62. The fourth-order valence-electron chi connectivity index (χ4n) is 2.44. The number of halogens is 1. The summed E-state index contributed by atoms with van der Waals surface area (Å²) in [5, 5.41) is 23.0. The molecule has 0 radical (unpaired) electrons. The summed E-state index contributed by atoms with van der Waals surface area (Å²) in [5.74, 6) is 1.50. The Hall–Kier alpha value is -1.79. The Morgan fingerprint density at radius 1 is 0.875 bits per heavy atom. The highest BCUT2D eigenvalue weighted by Crippen LogP contribution is 2.30. The van der Waals surface area contributed by atoms with Crippen molar-refractivity contribution < 1.29 is 19.7 Å². The highest BCUT2D eigenvalue weighted by Gasteiger charge is 2.22. The minimum atomic E-state index is -0.749. The zero-order valence-electron chi connectivity index (χ0n) is 13.8. The predicted molar refractivity (Wildman–Crippen MR) is 96.0 cm³/mol. The van der Waals surface area contributed by atoms with Gasteiger partial charge in [0.15, 0.2) is 0 Å². The molecular formula is C18H24ClNO4. The van der Waals surface area contributed by atoms with Crippen LogP contribution in [0.3, 0.4) is 0 Å². The molecule has 2 rings (SSSR count). The highest BCUT2D eigenvalue weighted by molar-refractivity contribution is 5.85. The van der Waals surface area contributed by atoms with Gasteiger partial charge in [0.2, 0.25) is 0 Å². The molecule has 0 aromatic heterocycles. The summed E-state index contributed by atoms with van der Waals surface area (Å²) in [6, 6.07) is 14.5. The standard InChI is InChI=1S/C18H23NO4.ClH/c1-22-15-7-3-13(4-8-15)17(19-11-12-20)18(21)14-5-9-16(23-2)10-6-14;/h3-10,17-21H,11-12H2,1-2H3;1H. The van der Waals surface area contributed by atoms with E-state index in [4.69, 9.17) is 14.6 Å². The van der Waals surface area contributed by atoms with E-state index in [9.17, 15) is 5.11 Å². The van der Waals surface area contributed by atoms with Crippen LogP contribution >= 0.6 is 12.4 Å². The zero-order valence-corrected chi connectivity index (χ0v) is 14.6. The molecule has 24 heavy (non-hydrogen) atoms. The monoisotopic (exact) mass is 353 g/mol. The lowest BCUT2D eigenvalue weighted by molar-refractivity contribution is 0.124. The Labute approximate surface area is 148 Å². The molecule has 6 heteroatoms. The molecule has 0 heterocycles. The van der Waals surface area contributed by atoms with Crippen LogP contribution in [0.1, 0.15) is 23.3 Å². The van der Waals surface area contributed by atoms with Gasteiger partial charge in [0.25, 0.3) is 0 Å². The topological polar surface area (TPSA) is 71.0 Å². The van der Waals surface area contributed by atoms with E-state index in [0.717, 1.165) is 22.6 Å². The molecule has 3 N–H and O–H groups in total. The van der Waals surface area contributed by atoms with Gasteiger partial charge in [-0.2, -0.15) is 0 Å². The Morgan fingerprint density at radius 3 is 1.75 bits per heavy atom. The van der Waals surface area contributed by atoms with Crippen LogP contribution in [0, 0.1) is 0 Å². The SMILES string of the molecule is COc1ccc(C(O)C(NCCO)c2ccc(OC)cc2)cc1.Cl. The number of hydrogen-bond donors (Lipinski definition) is 3. The minimum Gasteiger partial charge on any atom is -0.497 e. The van der Waals surface area contributed by atoms with Crippen molar-refractivity contribution in [1.29, 1.82) is 0 Å². The van der Waals surface area contributed by atoms with Crippen LogP contribution < -0.4 is 14.8 Å². The molecule has 0 saturated carbocycles. The van der Waals surface area contributed by atoms with Crippen molar-refractivity contribution in [1.82, 2.24) is 5.32 Å². The third-order valence-electron chi connectivity index (χ3n) is 3.72. The third kappa shape index (κ3) is 5.11. The number of nitrogens with one attached hydrogen (secondary N) is 1. The number of aliphatic hydroxyl groups excluding tert-OH is 2. The molecule has 0 saturated heterocycles. The van der Waals surface area contributed by atoms with Gasteiger partial charge in [-0.15, -0.1) is 12.4 Å². The van der Waals surface area contributed by atoms with Gasteiger partial charge in [0.1, 0.15) is 11.5 Å². The number of methoxy groups -OCH3 is 2. The van der Waals surface area contributed by atoms with E-state index in [2.05, 4.69) is 5.32 Å². The highest BCUT2D eigenvalue weighted by atomic mass is 35.5. The van der Waals surface area contributed by atoms with Gasteiger partial charge < -0.3 is 25.0 Å². The van der Waals surface area contributed by atoms with E-state index in [0.29, 0.717) is 6.54 Å². The summed E-state index contributed by atoms with van der Waals surface area (Å²) in [6.07, 6.45) is -0.749. The van der Waals surface area contributed by atoms with Crippen LogP contribution in [-0.4, -0.2) is 37.6 Å². The molecule has 0 fully saturated rings. The number of ether oxygens (including phenoxy) is 2. The van der Waals surface area contributed by atoms with Crippen molar-refractivity contribution in [2.75, 3.05) is 27.4 Å². The first-order valence-corrected chi connectivity index (χ1v) is 7.49. The summed E-state index contributed by atoms with van der Waals surface area (Å²) >= 11 is 0. The first-order chi connectivity index (χ1) is 11.2. The van der Waals surface area contributed by atoms with Crippen molar-refractivity contribution in [2.24, 2.45) is 0 Å². The fraction of sp³-hybridized carbons (Fsp3) is 0.333. The van der Waals surface area contributed by atoms with E-state index in [1.54, 1.807) is 14.2 Å². The molecule has 2 unspecified atom stereocenters. The van der Waals surface area contributed by atoms with Gasteiger partial charge in [-0.3, -0.25) is 0 Å². The van der Waals surface area contributed by atoms with Gasteiger partial charge in [-0.25, -0.2) is 0 Å². The molecule has 0 bridgehead atoms. The fourth-order valence-corrected chi connectivity index (χ4v) is 2.44. The molecule has 2 atom stereocenters. The second-order valence-corrected chi connectivity index (χ2v) is 5.15. The lowest BCUT2D eigenvalue weighted by atomic mass is 9.95. The molecule has 2 aromatic rings. The van der Waals surface area contributed by atoms with Crippen molar-refractivity contribution in [2.45, 2.75) is 12.1 Å². The lowest BCUT2D eigenvalue weighted by Gasteiger charge is -2.25. The van der Waals surface area contributed by atoms with Crippen LogP contribution in [0.5, 0.6) is 11.5 Å². The third-order valence-corrected chi connectivity index (χ3v) is 3.72. The second-order valence-electron chi connectivity index (χ2n) is 5.15. The van der Waals surface area contributed by atoms with Crippen molar-refractivity contribution in [3.63, 3.8) is 0 Å². The number of hydrogen-bond acceptors (Lipinski definition) is 5. The molecule has 0 aliphatic heterocycles. The Bertz CT molecular complexity index is 589. The first-order valence-electron chi connectivity index (χ1n) is 7.49. The normalized spacial score (nSPS) is 12.8. The van der Waals surface area contributed by atoms with E-state index in [1.807, 2.05) is 48.5 Å². The van der Waals surface area contributed by atoms with Gasteiger partial charge in [0.05, 0.1) is 33.0 Å². The van der Waals surface area contributed by atoms with Gasteiger partial charge in [-0.05, 0) is 35.4 Å². The largest absolute Gasteiger partial charge is 0.497 e. The van der Waals surface area contributed by atoms with Crippen LogP contribution in [-0.2, 0) is 0 Å². The van der Waals surface area contributed by atoms with Gasteiger partial charge in [0, 0.05) is 6.54 Å². The van der Waals surface area contributed by atoms with Crippen LogP contribution in [0.15, 0.2) is 48.5 Å². The van der Waals surface area contributed by atoms with Crippen molar-refractivity contribution >= 4 is 12.4 Å². The van der Waals surface area contributed by atoms with E-state index in [-0.39, 0.29) is 25.1 Å². The zero-order chi connectivity index (χ0) is 16.7. The van der Waals surface area contributed by atoms with Crippen LogP contribution in [0.2, 0.25) is 0 Å². The van der Waals surface area contributed by atoms with E-state index in [1.165, 1.54) is 0 Å². The maximum Gasteiger partial charge on any atom is 0.118 e. The van der Waals surface area contributed by atoms with Gasteiger partial charge >= 0.3 is 0 Å². The predicted octanol–water partition coefficient (Wildman–Crippen LogP) is 2.48. The number of aliphatic hydroxyl groups is 2. The molecule has 0 amide bonds. The van der Waals surface area contributed by atoms with Crippen molar-refractivity contribution in [3.8, 4) is 11.5 Å². The molecule has 132 valence electrons. The summed E-state index contributed by atoms with van der Waals surface area (Å²) in [7, 11) is 3.22. The Kier molecular flexibility index (Phi) is 8.57. The number of rotatable bonds is 8. The maximum absolute atomic E-state index is 10.7. The van der Waals surface area contributed by atoms with Crippen LogP contribution in [0.4, 0.5) is 0 Å². The Morgan fingerprint density at radius 2 is 1.33 bits per heavy atom. The molecule has 0 aliphatic carbocycles. The molecule has 2 aromatic carbocycles. The van der Waals surface area contributed by atoms with E-state index < -0.39 is 6.10 Å². The summed E-state index contributed by atoms with van der Waals surface area (Å²) in [4.78, 5) is 0. The Balaban J connectivity index is 0.00000288. The molecular weight excluding hydrogens is 330 g/mol. The summed E-state index contributed by atoms with van der Waals surface area (Å²) < 4.78 is 10.3. The average molecular weight is 354 g/mol. The maximum atomic E-state index is 10.7. The minimum absolute atomic E-state index is 0. The quantitative estimate of drug-likeness (QED) is 0.680. The van der Waals surface area contributed by atoms with Crippen LogP contribution in [0.25, 0.3) is 0 Å². The molecule has 0 aliphatic rings. The molecule has 0 spiro atoms. The second kappa shape index (κ2) is 10.2. The first kappa shape index (κ1) is 20.3. The smallest absolute Gasteiger partial charge is 0.118 e. The number of benzene rings is 2.